The molecule has 0 aromatic heterocycles. The zero-order chi connectivity index (χ0) is 12.8. The molecule has 0 saturated heterocycles. The maximum atomic E-state index is 11.9. The van der Waals surface area contributed by atoms with Gasteiger partial charge in [-0.2, -0.15) is 0 Å². The standard InChI is InChI=1S/C13H18BrNO2/c1-9-4-11(6-12(14)5-9)13(16)15-7-10(2)8-17-3/h4-6,10H,7-8H2,1-3H3,(H,15,16). The number of halogens is 1. The average Bonchev–Trinajstić information content (AvgIpc) is 2.25. The molecule has 0 aliphatic rings. The Hall–Kier alpha value is -0.870. The molecule has 0 spiro atoms. The maximum Gasteiger partial charge on any atom is 0.251 e. The first kappa shape index (κ1) is 14.2. The molecule has 0 aliphatic heterocycles. The number of rotatable bonds is 5. The van der Waals surface area contributed by atoms with Gasteiger partial charge in [0.25, 0.3) is 5.91 Å². The molecule has 1 atom stereocenters. The van der Waals surface area contributed by atoms with Crippen LogP contribution in [0, 0.1) is 12.8 Å². The van der Waals surface area contributed by atoms with Crippen molar-refractivity contribution in [3.05, 3.63) is 33.8 Å². The van der Waals surface area contributed by atoms with Crippen LogP contribution in [0.2, 0.25) is 0 Å². The van der Waals surface area contributed by atoms with Crippen molar-refractivity contribution in [3.63, 3.8) is 0 Å². The van der Waals surface area contributed by atoms with Crippen LogP contribution < -0.4 is 5.32 Å². The number of nitrogens with one attached hydrogen (secondary N) is 1. The van der Waals surface area contributed by atoms with Crippen LogP contribution in [-0.4, -0.2) is 26.2 Å². The smallest absolute Gasteiger partial charge is 0.251 e. The van der Waals surface area contributed by atoms with Crippen molar-refractivity contribution in [1.82, 2.24) is 5.32 Å². The highest BCUT2D eigenvalue weighted by Gasteiger charge is 2.08. The number of amides is 1. The van der Waals surface area contributed by atoms with E-state index in [1.54, 1.807) is 7.11 Å². The summed E-state index contributed by atoms with van der Waals surface area (Å²) in [6.45, 7) is 5.28. The lowest BCUT2D eigenvalue weighted by Gasteiger charge is -2.12. The molecule has 94 valence electrons. The molecule has 1 amide bonds. The predicted molar refractivity (Wildman–Crippen MR) is 72.3 cm³/mol. The van der Waals surface area contributed by atoms with E-state index in [0.29, 0.717) is 24.6 Å². The molecule has 1 aromatic carbocycles. The molecule has 1 aromatic rings. The molecule has 1 unspecified atom stereocenters. The zero-order valence-electron chi connectivity index (χ0n) is 10.4. The van der Waals surface area contributed by atoms with Crippen LogP contribution in [0.25, 0.3) is 0 Å². The highest BCUT2D eigenvalue weighted by molar-refractivity contribution is 9.10. The van der Waals surface area contributed by atoms with Crippen LogP contribution in [0.3, 0.4) is 0 Å². The molecule has 17 heavy (non-hydrogen) atoms. The van der Waals surface area contributed by atoms with Crippen molar-refractivity contribution in [2.45, 2.75) is 13.8 Å². The minimum atomic E-state index is -0.0441. The first-order valence-corrected chi connectivity index (χ1v) is 6.36. The van der Waals surface area contributed by atoms with Crippen LogP contribution in [-0.2, 0) is 4.74 Å². The summed E-state index contributed by atoms with van der Waals surface area (Å²) >= 11 is 3.39. The number of ether oxygens (including phenoxy) is 1. The van der Waals surface area contributed by atoms with Gasteiger partial charge in [-0.1, -0.05) is 22.9 Å². The van der Waals surface area contributed by atoms with Gasteiger partial charge in [0, 0.05) is 23.7 Å². The fourth-order valence-corrected chi connectivity index (χ4v) is 2.19. The van der Waals surface area contributed by atoms with E-state index in [-0.39, 0.29) is 5.91 Å². The fraction of sp³-hybridized carbons (Fsp3) is 0.462. The lowest BCUT2D eigenvalue weighted by Crippen LogP contribution is -2.29. The second-order valence-electron chi connectivity index (χ2n) is 4.29. The van der Waals surface area contributed by atoms with E-state index in [0.717, 1.165) is 10.0 Å². The minimum absolute atomic E-state index is 0.0441. The molecule has 0 saturated carbocycles. The summed E-state index contributed by atoms with van der Waals surface area (Å²) in [5.41, 5.74) is 1.75. The lowest BCUT2D eigenvalue weighted by atomic mass is 10.1. The van der Waals surface area contributed by atoms with Crippen LogP contribution in [0.5, 0.6) is 0 Å². The Kier molecular flexibility index (Phi) is 5.65. The average molecular weight is 300 g/mol. The Morgan fingerprint density at radius 2 is 2.18 bits per heavy atom. The summed E-state index contributed by atoms with van der Waals surface area (Å²) < 4.78 is 5.94. The van der Waals surface area contributed by atoms with Gasteiger partial charge in [0.1, 0.15) is 0 Å². The molecular weight excluding hydrogens is 282 g/mol. The Bertz CT molecular complexity index is 373. The van der Waals surface area contributed by atoms with E-state index in [4.69, 9.17) is 4.74 Å². The quantitative estimate of drug-likeness (QED) is 0.908. The van der Waals surface area contributed by atoms with Crippen molar-refractivity contribution >= 4 is 21.8 Å². The zero-order valence-corrected chi connectivity index (χ0v) is 12.0. The number of benzene rings is 1. The molecule has 0 aliphatic carbocycles. The third-order valence-corrected chi connectivity index (χ3v) is 2.82. The first-order chi connectivity index (χ1) is 8.02. The summed E-state index contributed by atoms with van der Waals surface area (Å²) in [5.74, 6) is 0.273. The van der Waals surface area contributed by atoms with Crippen LogP contribution in [0.15, 0.2) is 22.7 Å². The fourth-order valence-electron chi connectivity index (χ4n) is 1.58. The lowest BCUT2D eigenvalue weighted by molar-refractivity contribution is 0.0934. The number of hydrogen-bond acceptors (Lipinski definition) is 2. The van der Waals surface area contributed by atoms with Crippen LogP contribution in [0.4, 0.5) is 0 Å². The monoisotopic (exact) mass is 299 g/mol. The van der Waals surface area contributed by atoms with Crippen molar-refractivity contribution in [3.8, 4) is 0 Å². The van der Waals surface area contributed by atoms with Crippen molar-refractivity contribution < 1.29 is 9.53 Å². The number of carbonyl (C=O) groups is 1. The Morgan fingerprint density at radius 1 is 1.47 bits per heavy atom. The van der Waals surface area contributed by atoms with Crippen LogP contribution in [0.1, 0.15) is 22.8 Å². The van der Waals surface area contributed by atoms with E-state index in [2.05, 4.69) is 21.2 Å². The molecule has 0 heterocycles. The molecule has 1 N–H and O–H groups in total. The van der Waals surface area contributed by atoms with Gasteiger partial charge in [-0.25, -0.2) is 0 Å². The van der Waals surface area contributed by atoms with Gasteiger partial charge < -0.3 is 10.1 Å². The van der Waals surface area contributed by atoms with E-state index in [9.17, 15) is 4.79 Å². The van der Waals surface area contributed by atoms with Gasteiger partial charge >= 0.3 is 0 Å². The number of methoxy groups -OCH3 is 1. The highest BCUT2D eigenvalue weighted by atomic mass is 79.9. The SMILES string of the molecule is COCC(C)CNC(=O)c1cc(C)cc(Br)c1. The maximum absolute atomic E-state index is 11.9. The van der Waals surface area contributed by atoms with Gasteiger partial charge in [-0.15, -0.1) is 0 Å². The topological polar surface area (TPSA) is 38.3 Å². The highest BCUT2D eigenvalue weighted by Crippen LogP contribution is 2.15. The number of aryl methyl sites for hydroxylation is 1. The van der Waals surface area contributed by atoms with Gasteiger partial charge in [0.2, 0.25) is 0 Å². The molecule has 0 bridgehead atoms. The normalized spacial score (nSPS) is 12.2. The number of carbonyl (C=O) groups excluding carboxylic acids is 1. The summed E-state index contributed by atoms with van der Waals surface area (Å²) in [6, 6.07) is 5.68. The van der Waals surface area contributed by atoms with E-state index in [1.165, 1.54) is 0 Å². The van der Waals surface area contributed by atoms with E-state index >= 15 is 0 Å². The molecule has 0 fully saturated rings. The van der Waals surface area contributed by atoms with Crippen molar-refractivity contribution in [1.29, 1.82) is 0 Å². The second kappa shape index (κ2) is 6.77. The Morgan fingerprint density at radius 3 is 2.76 bits per heavy atom. The first-order valence-electron chi connectivity index (χ1n) is 5.57. The second-order valence-corrected chi connectivity index (χ2v) is 5.20. The van der Waals surface area contributed by atoms with E-state index < -0.39 is 0 Å². The molecule has 4 heteroatoms. The Balaban J connectivity index is 2.58. The Labute approximate surface area is 111 Å². The van der Waals surface area contributed by atoms with E-state index in [1.807, 2.05) is 32.0 Å². The molecule has 1 rings (SSSR count). The van der Waals surface area contributed by atoms with Gasteiger partial charge in [0.15, 0.2) is 0 Å². The molecule has 3 nitrogen and oxygen atoms in total. The predicted octanol–water partition coefficient (Wildman–Crippen LogP) is 2.77. The molecule has 0 radical (unpaired) electrons. The minimum Gasteiger partial charge on any atom is -0.384 e. The number of hydrogen-bond donors (Lipinski definition) is 1. The van der Waals surface area contributed by atoms with Crippen molar-refractivity contribution in [2.75, 3.05) is 20.3 Å². The molecular formula is C13H18BrNO2. The third kappa shape index (κ3) is 4.88. The summed E-state index contributed by atoms with van der Waals surface area (Å²) in [5, 5.41) is 2.90. The van der Waals surface area contributed by atoms with Crippen LogP contribution >= 0.6 is 15.9 Å². The summed E-state index contributed by atoms with van der Waals surface area (Å²) in [7, 11) is 1.66. The van der Waals surface area contributed by atoms with Gasteiger partial charge in [0.05, 0.1) is 6.61 Å². The van der Waals surface area contributed by atoms with Gasteiger partial charge in [-0.05, 0) is 36.6 Å². The largest absolute Gasteiger partial charge is 0.384 e. The summed E-state index contributed by atoms with van der Waals surface area (Å²) in [4.78, 5) is 11.9. The third-order valence-electron chi connectivity index (χ3n) is 2.37. The van der Waals surface area contributed by atoms with Gasteiger partial charge in [-0.3, -0.25) is 4.79 Å². The van der Waals surface area contributed by atoms with Crippen molar-refractivity contribution in [2.24, 2.45) is 5.92 Å². The summed E-state index contributed by atoms with van der Waals surface area (Å²) in [6.07, 6.45) is 0.